The van der Waals surface area contributed by atoms with Crippen molar-refractivity contribution in [1.29, 1.82) is 0 Å². The van der Waals surface area contributed by atoms with Gasteiger partial charge >= 0.3 is 0 Å². The van der Waals surface area contributed by atoms with Gasteiger partial charge in [0.2, 0.25) is 20.0 Å². The van der Waals surface area contributed by atoms with Gasteiger partial charge in [-0.15, -0.1) is 0 Å². The number of rotatable bonds is 11. The third kappa shape index (κ3) is 7.16. The molecule has 3 aromatic rings. The zero-order valence-electron chi connectivity index (χ0n) is 20.2. The quantitative estimate of drug-likeness (QED) is 0.384. The maximum atomic E-state index is 12.6. The smallest absolute Gasteiger partial charge is 0.258 e. The van der Waals surface area contributed by atoms with E-state index in [-0.39, 0.29) is 35.4 Å². The average molecular weight is 544 g/mol. The number of benzene rings is 3. The molecule has 0 saturated carbocycles. The molecule has 2 N–H and O–H groups in total. The monoisotopic (exact) mass is 543 g/mol. The van der Waals surface area contributed by atoms with E-state index < -0.39 is 20.0 Å². The van der Waals surface area contributed by atoms with Crippen LogP contribution in [0.5, 0.6) is 5.75 Å². The Kier molecular flexibility index (Phi) is 8.59. The van der Waals surface area contributed by atoms with Crippen LogP contribution in [0.15, 0.2) is 88.7 Å². The highest BCUT2D eigenvalue weighted by Crippen LogP contribution is 2.21. The third-order valence-electron chi connectivity index (χ3n) is 5.93. The minimum atomic E-state index is -3.69. The van der Waals surface area contributed by atoms with Crippen molar-refractivity contribution in [1.82, 2.24) is 14.3 Å². The number of hydrogen-bond acceptors (Lipinski definition) is 6. The number of sulfonamides is 2. The summed E-state index contributed by atoms with van der Waals surface area (Å²) in [5.41, 5.74) is 1.60. The second-order valence-corrected chi connectivity index (χ2v) is 12.3. The van der Waals surface area contributed by atoms with Crippen molar-refractivity contribution in [3.8, 4) is 5.75 Å². The first-order valence-corrected chi connectivity index (χ1v) is 14.8. The third-order valence-corrected chi connectivity index (χ3v) is 9.26. The van der Waals surface area contributed by atoms with E-state index in [0.29, 0.717) is 18.8 Å². The standard InChI is InChI=1S/C26H29N3O6S2/c30-26(27-18-22-8-12-25(13-9-22)37(33,34)29-16-4-5-17-29)20-35-23-10-14-24(15-11-23)36(31,32)28-19-21-6-2-1-3-7-21/h1-3,6-15,28H,4-5,16-20H2,(H,27,30). The summed E-state index contributed by atoms with van der Waals surface area (Å²) in [6, 6.07) is 21.5. The van der Waals surface area contributed by atoms with Crippen molar-refractivity contribution in [2.45, 2.75) is 35.7 Å². The van der Waals surface area contributed by atoms with Crippen LogP contribution in [0.2, 0.25) is 0 Å². The molecular formula is C26H29N3O6S2. The minimum Gasteiger partial charge on any atom is -0.484 e. The predicted octanol–water partition coefficient (Wildman–Crippen LogP) is 2.64. The highest BCUT2D eigenvalue weighted by molar-refractivity contribution is 7.89. The Morgan fingerprint density at radius 2 is 1.35 bits per heavy atom. The number of carbonyl (C=O) groups excluding carboxylic acids is 1. The molecule has 3 aromatic carbocycles. The van der Waals surface area contributed by atoms with Gasteiger partial charge in [-0.3, -0.25) is 4.79 Å². The SMILES string of the molecule is O=C(COc1ccc(S(=O)(=O)NCc2ccccc2)cc1)NCc1ccc(S(=O)(=O)N2CCCC2)cc1. The van der Waals surface area contributed by atoms with Gasteiger partial charge in [0.15, 0.2) is 6.61 Å². The van der Waals surface area contributed by atoms with Gasteiger partial charge in [-0.05, 0) is 60.4 Å². The van der Waals surface area contributed by atoms with Crippen LogP contribution in [0, 0.1) is 0 Å². The zero-order chi connectivity index (χ0) is 26.3. The summed E-state index contributed by atoms with van der Waals surface area (Å²) in [4.78, 5) is 12.5. The lowest BCUT2D eigenvalue weighted by Gasteiger charge is -2.15. The van der Waals surface area contributed by atoms with Crippen molar-refractivity contribution in [2.24, 2.45) is 0 Å². The molecule has 1 heterocycles. The van der Waals surface area contributed by atoms with Crippen LogP contribution in [0.25, 0.3) is 0 Å². The summed E-state index contributed by atoms with van der Waals surface area (Å²) in [6.45, 7) is 1.24. The fraction of sp³-hybridized carbons (Fsp3) is 0.269. The molecular weight excluding hydrogens is 514 g/mol. The van der Waals surface area contributed by atoms with E-state index in [1.54, 1.807) is 24.3 Å². The number of ether oxygens (including phenoxy) is 1. The van der Waals surface area contributed by atoms with Crippen LogP contribution >= 0.6 is 0 Å². The van der Waals surface area contributed by atoms with Crippen LogP contribution < -0.4 is 14.8 Å². The van der Waals surface area contributed by atoms with Gasteiger partial charge in [-0.2, -0.15) is 4.31 Å². The highest BCUT2D eigenvalue weighted by Gasteiger charge is 2.26. The van der Waals surface area contributed by atoms with Gasteiger partial charge in [0.05, 0.1) is 9.79 Å². The first-order chi connectivity index (χ1) is 17.7. The molecule has 1 aliphatic heterocycles. The summed E-state index contributed by atoms with van der Waals surface area (Å²) in [7, 11) is -7.16. The molecule has 1 amide bonds. The molecule has 1 fully saturated rings. The molecule has 4 rings (SSSR count). The predicted molar refractivity (Wildman–Crippen MR) is 139 cm³/mol. The Bertz CT molecular complexity index is 1400. The van der Waals surface area contributed by atoms with Gasteiger partial charge in [0.25, 0.3) is 5.91 Å². The molecule has 11 heteroatoms. The molecule has 9 nitrogen and oxygen atoms in total. The lowest BCUT2D eigenvalue weighted by Crippen LogP contribution is -2.29. The first kappa shape index (κ1) is 26.8. The minimum absolute atomic E-state index is 0.0930. The Hall–Kier alpha value is -3.25. The van der Waals surface area contributed by atoms with Gasteiger partial charge in [-0.1, -0.05) is 42.5 Å². The van der Waals surface area contributed by atoms with Crippen LogP contribution in [-0.2, 0) is 37.9 Å². The van der Waals surface area contributed by atoms with Gasteiger partial charge in [0, 0.05) is 26.2 Å². The van der Waals surface area contributed by atoms with Crippen molar-refractivity contribution in [2.75, 3.05) is 19.7 Å². The van der Waals surface area contributed by atoms with E-state index in [2.05, 4.69) is 10.0 Å². The molecule has 37 heavy (non-hydrogen) atoms. The molecule has 1 aliphatic rings. The van der Waals surface area contributed by atoms with E-state index in [1.165, 1.54) is 28.6 Å². The van der Waals surface area contributed by atoms with Crippen LogP contribution in [0.3, 0.4) is 0 Å². The summed E-state index contributed by atoms with van der Waals surface area (Å²) in [5.74, 6) is -0.0105. The van der Waals surface area contributed by atoms with E-state index >= 15 is 0 Å². The molecule has 1 saturated heterocycles. The lowest BCUT2D eigenvalue weighted by molar-refractivity contribution is -0.123. The first-order valence-electron chi connectivity index (χ1n) is 11.9. The number of nitrogens with one attached hydrogen (secondary N) is 2. The molecule has 0 aliphatic carbocycles. The Labute approximate surface area is 217 Å². The van der Waals surface area contributed by atoms with Crippen LogP contribution in [0.4, 0.5) is 0 Å². The van der Waals surface area contributed by atoms with Crippen molar-refractivity contribution in [3.63, 3.8) is 0 Å². The zero-order valence-corrected chi connectivity index (χ0v) is 21.8. The molecule has 0 atom stereocenters. The Morgan fingerprint density at radius 1 is 0.757 bits per heavy atom. The number of amides is 1. The fourth-order valence-corrected chi connectivity index (χ4v) is 6.36. The maximum absolute atomic E-state index is 12.6. The molecule has 0 bridgehead atoms. The van der Waals surface area contributed by atoms with E-state index in [9.17, 15) is 21.6 Å². The van der Waals surface area contributed by atoms with Crippen molar-refractivity contribution < 1.29 is 26.4 Å². The molecule has 196 valence electrons. The lowest BCUT2D eigenvalue weighted by atomic mass is 10.2. The van der Waals surface area contributed by atoms with Crippen molar-refractivity contribution in [3.05, 3.63) is 90.0 Å². The van der Waals surface area contributed by atoms with Crippen molar-refractivity contribution >= 4 is 26.0 Å². The molecule has 0 spiro atoms. The Morgan fingerprint density at radius 3 is 2.00 bits per heavy atom. The van der Waals surface area contributed by atoms with E-state index in [4.69, 9.17) is 4.74 Å². The number of hydrogen-bond donors (Lipinski definition) is 2. The van der Waals surface area contributed by atoms with Gasteiger partial charge in [0.1, 0.15) is 5.75 Å². The second kappa shape index (κ2) is 11.9. The molecule has 0 aromatic heterocycles. The highest BCUT2D eigenvalue weighted by atomic mass is 32.2. The second-order valence-electron chi connectivity index (χ2n) is 8.60. The largest absolute Gasteiger partial charge is 0.484 e. The number of carbonyl (C=O) groups is 1. The molecule has 0 unspecified atom stereocenters. The van der Waals surface area contributed by atoms with Crippen LogP contribution in [0.1, 0.15) is 24.0 Å². The summed E-state index contributed by atoms with van der Waals surface area (Å²) in [5, 5.41) is 2.72. The van der Waals surface area contributed by atoms with Gasteiger partial charge in [-0.25, -0.2) is 21.6 Å². The van der Waals surface area contributed by atoms with Gasteiger partial charge < -0.3 is 10.1 Å². The summed E-state index contributed by atoms with van der Waals surface area (Å²) >= 11 is 0. The maximum Gasteiger partial charge on any atom is 0.258 e. The molecule has 0 radical (unpaired) electrons. The Balaban J connectivity index is 1.23. The number of nitrogens with zero attached hydrogens (tertiary/aromatic N) is 1. The van der Waals surface area contributed by atoms with E-state index in [0.717, 1.165) is 24.0 Å². The summed E-state index contributed by atoms with van der Waals surface area (Å²) in [6.07, 6.45) is 1.75. The summed E-state index contributed by atoms with van der Waals surface area (Å²) < 4.78 is 59.7. The fourth-order valence-electron chi connectivity index (χ4n) is 3.83. The van der Waals surface area contributed by atoms with Crippen LogP contribution in [-0.4, -0.2) is 46.7 Å². The average Bonchev–Trinajstić information content (AvgIpc) is 3.47. The van der Waals surface area contributed by atoms with E-state index in [1.807, 2.05) is 30.3 Å². The topological polar surface area (TPSA) is 122 Å². The normalized spacial score (nSPS) is 14.4.